The van der Waals surface area contributed by atoms with E-state index < -0.39 is 10.0 Å². The predicted octanol–water partition coefficient (Wildman–Crippen LogP) is 3.37. The van der Waals surface area contributed by atoms with E-state index in [1.165, 1.54) is 5.56 Å². The molecule has 5 rings (SSSR count). The van der Waals surface area contributed by atoms with Gasteiger partial charge in [-0.25, -0.2) is 13.1 Å². The first-order chi connectivity index (χ1) is 15.0. The minimum absolute atomic E-state index is 0.0221. The maximum absolute atomic E-state index is 13.1. The molecule has 2 aliphatic rings. The number of anilines is 1. The number of para-hydroxylation sites is 1. The quantitative estimate of drug-likeness (QED) is 0.636. The fourth-order valence-electron chi connectivity index (χ4n) is 4.70. The van der Waals surface area contributed by atoms with Crippen LogP contribution in [0.1, 0.15) is 31.2 Å². The van der Waals surface area contributed by atoms with Crippen molar-refractivity contribution in [1.29, 1.82) is 0 Å². The maximum atomic E-state index is 13.1. The zero-order valence-corrected chi connectivity index (χ0v) is 18.7. The average Bonchev–Trinajstić information content (AvgIpc) is 3.44. The van der Waals surface area contributed by atoms with Gasteiger partial charge in [0.15, 0.2) is 0 Å². The fraction of sp³-hybridized carbons (Fsp3) is 0.409. The smallest absolute Gasteiger partial charge is 0.242 e. The lowest BCUT2D eigenvalue weighted by Crippen LogP contribution is -2.38. The highest BCUT2D eigenvalue weighted by molar-refractivity contribution is 7.89. The molecule has 1 saturated carbocycles. The van der Waals surface area contributed by atoms with E-state index in [2.05, 4.69) is 19.5 Å². The summed E-state index contributed by atoms with van der Waals surface area (Å²) in [6.07, 6.45) is 4.21. The van der Waals surface area contributed by atoms with Crippen LogP contribution in [0.3, 0.4) is 0 Å². The Morgan fingerprint density at radius 3 is 2.71 bits per heavy atom. The molecule has 2 aromatic carbocycles. The molecule has 3 aromatic rings. The number of hydrogen-bond acceptors (Lipinski definition) is 6. The highest BCUT2D eigenvalue weighted by atomic mass is 32.2. The molecule has 0 saturated heterocycles. The summed E-state index contributed by atoms with van der Waals surface area (Å²) in [5.41, 5.74) is 3.30. The summed E-state index contributed by atoms with van der Waals surface area (Å²) in [4.78, 5) is 15.2. The van der Waals surface area contributed by atoms with Crippen molar-refractivity contribution in [3.8, 4) is 0 Å². The number of carbonyl (C=O) groups is 1. The average molecular weight is 457 g/mol. The van der Waals surface area contributed by atoms with Gasteiger partial charge in [0.25, 0.3) is 0 Å². The standard InChI is InChI=1S/C22H24N4O3S2/c27-22(26-13-12-16-4-1-2-6-19(16)26)17-10-8-15(9-11-17)14-23-31(28,29)20-7-3-5-18-21(20)25-30-24-18/h1-7,15,17,23H,8-14H2. The first-order valence-electron chi connectivity index (χ1n) is 10.6. The summed E-state index contributed by atoms with van der Waals surface area (Å²) in [7, 11) is -3.65. The van der Waals surface area contributed by atoms with Gasteiger partial charge >= 0.3 is 0 Å². The van der Waals surface area contributed by atoms with E-state index in [4.69, 9.17) is 0 Å². The lowest BCUT2D eigenvalue weighted by molar-refractivity contribution is -0.123. The van der Waals surface area contributed by atoms with Crippen molar-refractivity contribution >= 4 is 44.4 Å². The zero-order chi connectivity index (χ0) is 21.4. The van der Waals surface area contributed by atoms with Crippen LogP contribution < -0.4 is 9.62 Å². The SMILES string of the molecule is O=C(C1CCC(CNS(=O)(=O)c2cccc3nsnc23)CC1)N1CCc2ccccc21. The molecule has 0 radical (unpaired) electrons. The van der Waals surface area contributed by atoms with Crippen LogP contribution in [0.2, 0.25) is 0 Å². The van der Waals surface area contributed by atoms with E-state index in [0.29, 0.717) is 17.6 Å². The Hall–Kier alpha value is -2.36. The van der Waals surface area contributed by atoms with Gasteiger partial charge in [0.2, 0.25) is 15.9 Å². The Morgan fingerprint density at radius 2 is 1.87 bits per heavy atom. The van der Waals surface area contributed by atoms with Crippen molar-refractivity contribution < 1.29 is 13.2 Å². The minimum Gasteiger partial charge on any atom is -0.312 e. The van der Waals surface area contributed by atoms with Gasteiger partial charge in [0.1, 0.15) is 15.9 Å². The number of nitrogens with one attached hydrogen (secondary N) is 1. The third-order valence-electron chi connectivity index (χ3n) is 6.45. The number of nitrogens with zero attached hydrogens (tertiary/aromatic N) is 3. The molecule has 1 amide bonds. The molecular formula is C22H24N4O3S2. The Kier molecular flexibility index (Phi) is 5.49. The lowest BCUT2D eigenvalue weighted by atomic mass is 9.81. The molecule has 0 bridgehead atoms. The van der Waals surface area contributed by atoms with Crippen LogP contribution in [0.15, 0.2) is 47.4 Å². The van der Waals surface area contributed by atoms with Crippen LogP contribution in [-0.4, -0.2) is 36.2 Å². The van der Waals surface area contributed by atoms with Crippen molar-refractivity contribution in [2.24, 2.45) is 11.8 Å². The second kappa shape index (κ2) is 8.29. The monoisotopic (exact) mass is 456 g/mol. The molecule has 9 heteroatoms. The molecule has 7 nitrogen and oxygen atoms in total. The fourth-order valence-corrected chi connectivity index (χ4v) is 6.59. The minimum atomic E-state index is -3.65. The van der Waals surface area contributed by atoms with E-state index in [9.17, 15) is 13.2 Å². The normalized spacial score (nSPS) is 21.4. The summed E-state index contributed by atoms with van der Waals surface area (Å²) >= 11 is 1.01. The Balaban J connectivity index is 1.18. The Morgan fingerprint density at radius 1 is 1.06 bits per heavy atom. The Bertz CT molecular complexity index is 1220. The molecule has 0 spiro atoms. The number of benzene rings is 2. The molecule has 0 unspecified atom stereocenters. The number of aromatic nitrogens is 2. The van der Waals surface area contributed by atoms with Crippen LogP contribution >= 0.6 is 11.7 Å². The number of hydrogen-bond donors (Lipinski definition) is 1. The molecule has 1 aliphatic heterocycles. The van der Waals surface area contributed by atoms with Gasteiger partial charge < -0.3 is 4.90 Å². The summed E-state index contributed by atoms with van der Waals surface area (Å²) in [5.74, 6) is 0.470. The maximum Gasteiger partial charge on any atom is 0.242 e. The molecule has 1 aromatic heterocycles. The predicted molar refractivity (Wildman–Crippen MR) is 121 cm³/mol. The van der Waals surface area contributed by atoms with Crippen LogP contribution in [0.25, 0.3) is 11.0 Å². The van der Waals surface area contributed by atoms with Gasteiger partial charge in [-0.2, -0.15) is 8.75 Å². The molecule has 1 aliphatic carbocycles. The third kappa shape index (κ3) is 3.97. The van der Waals surface area contributed by atoms with E-state index in [0.717, 1.165) is 56.1 Å². The van der Waals surface area contributed by atoms with Crippen molar-refractivity contribution in [2.45, 2.75) is 37.0 Å². The van der Waals surface area contributed by atoms with E-state index in [1.807, 2.05) is 23.1 Å². The number of amides is 1. The second-order valence-electron chi connectivity index (χ2n) is 8.33. The highest BCUT2D eigenvalue weighted by Crippen LogP contribution is 2.34. The first-order valence-corrected chi connectivity index (χ1v) is 12.8. The molecule has 2 heterocycles. The number of rotatable bonds is 5. The van der Waals surface area contributed by atoms with Crippen molar-refractivity contribution in [2.75, 3.05) is 18.0 Å². The van der Waals surface area contributed by atoms with Gasteiger partial charge in [-0.1, -0.05) is 24.3 Å². The first kappa shape index (κ1) is 20.5. The largest absolute Gasteiger partial charge is 0.312 e. The highest BCUT2D eigenvalue weighted by Gasteiger charge is 2.33. The van der Waals surface area contributed by atoms with Crippen LogP contribution in [-0.2, 0) is 21.2 Å². The van der Waals surface area contributed by atoms with Crippen LogP contribution in [0.4, 0.5) is 5.69 Å². The van der Waals surface area contributed by atoms with Gasteiger partial charge in [-0.3, -0.25) is 4.79 Å². The second-order valence-corrected chi connectivity index (χ2v) is 10.6. The molecule has 1 fully saturated rings. The number of sulfonamides is 1. The van der Waals surface area contributed by atoms with Crippen LogP contribution in [0, 0.1) is 11.8 Å². The molecule has 162 valence electrons. The summed E-state index contributed by atoms with van der Waals surface area (Å²) < 4.78 is 36.6. The zero-order valence-electron chi connectivity index (χ0n) is 17.0. The van der Waals surface area contributed by atoms with Gasteiger partial charge in [-0.15, -0.1) is 0 Å². The van der Waals surface area contributed by atoms with Crippen molar-refractivity contribution in [1.82, 2.24) is 13.5 Å². The van der Waals surface area contributed by atoms with E-state index >= 15 is 0 Å². The number of carbonyl (C=O) groups excluding carboxylic acids is 1. The molecule has 31 heavy (non-hydrogen) atoms. The van der Waals surface area contributed by atoms with E-state index in [1.54, 1.807) is 18.2 Å². The van der Waals surface area contributed by atoms with E-state index in [-0.39, 0.29) is 22.6 Å². The van der Waals surface area contributed by atoms with Crippen LogP contribution in [0.5, 0.6) is 0 Å². The summed E-state index contributed by atoms with van der Waals surface area (Å²) in [6.45, 7) is 1.14. The number of fused-ring (bicyclic) bond motifs is 2. The molecule has 1 N–H and O–H groups in total. The molecule has 0 atom stereocenters. The van der Waals surface area contributed by atoms with Gasteiger partial charge in [-0.05, 0) is 61.8 Å². The Labute approximate surface area is 185 Å². The third-order valence-corrected chi connectivity index (χ3v) is 8.45. The van der Waals surface area contributed by atoms with Gasteiger partial charge in [0, 0.05) is 24.7 Å². The van der Waals surface area contributed by atoms with Crippen molar-refractivity contribution in [3.63, 3.8) is 0 Å². The topological polar surface area (TPSA) is 92.3 Å². The molecular weight excluding hydrogens is 432 g/mol. The summed E-state index contributed by atoms with van der Waals surface area (Å²) in [6, 6.07) is 13.1. The lowest BCUT2D eigenvalue weighted by Gasteiger charge is -2.30. The van der Waals surface area contributed by atoms with Gasteiger partial charge in [0.05, 0.1) is 11.7 Å². The van der Waals surface area contributed by atoms with Crippen molar-refractivity contribution in [3.05, 3.63) is 48.0 Å². The summed E-state index contributed by atoms with van der Waals surface area (Å²) in [5, 5.41) is 0.